The minimum Gasteiger partial charge on any atom is -0.396 e. The molecular formula is C3H7BIOP. The quantitative estimate of drug-likeness (QED) is 0.428. The van der Waals surface area contributed by atoms with Gasteiger partial charge >= 0.3 is 0 Å². The smallest absolute Gasteiger partial charge is 0.123 e. The summed E-state index contributed by atoms with van der Waals surface area (Å²) in [4.78, 5) is 0. The minimum absolute atomic E-state index is 0.213. The van der Waals surface area contributed by atoms with Crippen LogP contribution < -0.4 is 0 Å². The van der Waals surface area contributed by atoms with Crippen molar-refractivity contribution in [3.8, 4) is 0 Å². The second-order valence-corrected chi connectivity index (χ2v) is 6.29. The van der Waals surface area contributed by atoms with E-state index in [1.807, 2.05) is 6.92 Å². The highest BCUT2D eigenvalue weighted by molar-refractivity contribution is 14.2. The van der Waals surface area contributed by atoms with E-state index in [1.165, 1.54) is 0 Å². The summed E-state index contributed by atoms with van der Waals surface area (Å²) in [5, 5.41) is 8.44. The van der Waals surface area contributed by atoms with Gasteiger partial charge in [-0.2, -0.15) is 0 Å². The fraction of sp³-hybridized carbons (Fsp3) is 1.00. The SMILES string of the molecule is [B]P(I)C(C)CO. The van der Waals surface area contributed by atoms with Crippen LogP contribution in [0.2, 0.25) is 0 Å². The van der Waals surface area contributed by atoms with Gasteiger partial charge in [0.05, 0.1) is 0 Å². The van der Waals surface area contributed by atoms with Crippen LogP contribution in [0, 0.1) is 0 Å². The van der Waals surface area contributed by atoms with E-state index in [9.17, 15) is 0 Å². The highest BCUT2D eigenvalue weighted by Crippen LogP contribution is 2.43. The topological polar surface area (TPSA) is 20.2 Å². The number of rotatable bonds is 2. The van der Waals surface area contributed by atoms with Crippen LogP contribution >= 0.6 is 27.5 Å². The first kappa shape index (κ1) is 8.18. The normalized spacial score (nSPS) is 18.7. The molecular weight excluding hydrogens is 221 g/mol. The molecule has 1 N–H and O–H groups in total. The summed E-state index contributed by atoms with van der Waals surface area (Å²) in [6.07, 6.45) is 0. The van der Waals surface area contributed by atoms with Crippen molar-refractivity contribution in [3.05, 3.63) is 0 Å². The fourth-order valence-electron chi connectivity index (χ4n) is 0.0780. The average Bonchev–Trinajstić information content (AvgIpc) is 1.65. The molecule has 2 radical (unpaired) electrons. The Balaban J connectivity index is 3.14. The van der Waals surface area contributed by atoms with Gasteiger partial charge in [-0.1, -0.05) is 34.4 Å². The maximum Gasteiger partial charge on any atom is 0.123 e. The Morgan fingerprint density at radius 1 is 2.00 bits per heavy atom. The lowest BCUT2D eigenvalue weighted by atomic mass is 10.5. The maximum absolute atomic E-state index is 8.44. The largest absolute Gasteiger partial charge is 0.396 e. The molecule has 4 heteroatoms. The number of hydrogen-bond donors (Lipinski definition) is 1. The van der Waals surface area contributed by atoms with Crippen molar-refractivity contribution in [1.82, 2.24) is 0 Å². The molecule has 0 aromatic rings. The van der Waals surface area contributed by atoms with E-state index in [-0.39, 0.29) is 12.3 Å². The molecule has 2 unspecified atom stereocenters. The van der Waals surface area contributed by atoms with Crippen LogP contribution in [0.1, 0.15) is 6.92 Å². The fourth-order valence-corrected chi connectivity index (χ4v) is 0.762. The van der Waals surface area contributed by atoms with E-state index in [0.717, 1.165) is 0 Å². The summed E-state index contributed by atoms with van der Waals surface area (Å²) < 4.78 is 0. The summed E-state index contributed by atoms with van der Waals surface area (Å²) in [5.74, 6) is 0. The van der Waals surface area contributed by atoms with E-state index < -0.39 is 5.44 Å². The first-order chi connectivity index (χ1) is 3.18. The molecule has 40 valence electrons. The molecule has 2 atom stereocenters. The molecule has 7 heavy (non-hydrogen) atoms. The van der Waals surface area contributed by atoms with Crippen molar-refractivity contribution in [2.75, 3.05) is 6.61 Å². The number of hydrogen-bond acceptors (Lipinski definition) is 1. The Morgan fingerprint density at radius 2 is 2.43 bits per heavy atom. The second-order valence-electron chi connectivity index (χ2n) is 1.38. The third-order valence-corrected chi connectivity index (χ3v) is 4.54. The molecule has 0 spiro atoms. The lowest BCUT2D eigenvalue weighted by Gasteiger charge is -2.09. The molecule has 0 bridgehead atoms. The van der Waals surface area contributed by atoms with Crippen molar-refractivity contribution >= 4 is 35.0 Å². The van der Waals surface area contributed by atoms with E-state index in [2.05, 4.69) is 22.0 Å². The Labute approximate surface area is 59.5 Å². The molecule has 0 amide bonds. The molecule has 0 aromatic heterocycles. The van der Waals surface area contributed by atoms with Crippen LogP contribution in [0.3, 0.4) is 0 Å². The molecule has 0 rings (SSSR count). The molecule has 0 aromatic carbocycles. The van der Waals surface area contributed by atoms with E-state index in [0.29, 0.717) is 0 Å². The zero-order valence-electron chi connectivity index (χ0n) is 4.13. The van der Waals surface area contributed by atoms with Gasteiger partial charge in [0.1, 0.15) is 7.57 Å². The summed E-state index contributed by atoms with van der Waals surface area (Å²) in [6.45, 7) is 2.16. The summed E-state index contributed by atoms with van der Waals surface area (Å²) in [5.41, 5.74) is -0.154. The van der Waals surface area contributed by atoms with Gasteiger partial charge in [-0.05, 0) is 5.66 Å². The van der Waals surface area contributed by atoms with Gasteiger partial charge in [-0.15, -0.1) is 0 Å². The van der Waals surface area contributed by atoms with Crippen molar-refractivity contribution in [3.63, 3.8) is 0 Å². The number of aliphatic hydroxyl groups excluding tert-OH is 1. The van der Waals surface area contributed by atoms with E-state index >= 15 is 0 Å². The maximum atomic E-state index is 8.44. The van der Waals surface area contributed by atoms with Crippen LogP contribution in [-0.4, -0.2) is 24.9 Å². The summed E-state index contributed by atoms with van der Waals surface area (Å²) in [7, 11) is 5.44. The molecule has 0 heterocycles. The van der Waals surface area contributed by atoms with Crippen molar-refractivity contribution < 1.29 is 5.11 Å². The minimum atomic E-state index is -0.442. The molecule has 0 saturated heterocycles. The molecule has 0 aliphatic heterocycles. The highest BCUT2D eigenvalue weighted by atomic mass is 127. The van der Waals surface area contributed by atoms with Crippen LogP contribution in [0.15, 0.2) is 0 Å². The Kier molecular flexibility index (Phi) is 4.80. The number of halogens is 1. The number of aliphatic hydroxyl groups is 1. The molecule has 1 nitrogen and oxygen atoms in total. The van der Waals surface area contributed by atoms with Gasteiger partial charge in [-0.25, -0.2) is 0 Å². The third-order valence-electron chi connectivity index (χ3n) is 0.685. The van der Waals surface area contributed by atoms with Crippen LogP contribution in [0.25, 0.3) is 0 Å². The zero-order chi connectivity index (χ0) is 5.86. The van der Waals surface area contributed by atoms with E-state index in [4.69, 9.17) is 12.7 Å². The van der Waals surface area contributed by atoms with Crippen molar-refractivity contribution in [2.24, 2.45) is 0 Å². The molecule has 0 saturated carbocycles. The second kappa shape index (κ2) is 4.10. The predicted octanol–water partition coefficient (Wildman–Crippen LogP) is 1.28. The first-order valence-corrected chi connectivity index (χ1v) is 6.25. The Bertz CT molecular complexity index is 52.2. The zero-order valence-corrected chi connectivity index (χ0v) is 7.19. The predicted molar refractivity (Wildman–Crippen MR) is 43.2 cm³/mol. The standard InChI is InChI=1S/C3H7BIOP/c1-3(2-6)7(4)5/h3,6H,2H2,1H3. The third kappa shape index (κ3) is 3.74. The molecule has 0 aliphatic rings. The van der Waals surface area contributed by atoms with Gasteiger partial charge in [-0.3, -0.25) is 0 Å². The monoisotopic (exact) mass is 228 g/mol. The lowest BCUT2D eigenvalue weighted by Crippen LogP contribution is -2.01. The van der Waals surface area contributed by atoms with Crippen molar-refractivity contribution in [2.45, 2.75) is 12.6 Å². The van der Waals surface area contributed by atoms with Gasteiger partial charge in [0.15, 0.2) is 0 Å². The summed E-state index contributed by atoms with van der Waals surface area (Å²) in [6, 6.07) is 0. The average molecular weight is 228 g/mol. The lowest BCUT2D eigenvalue weighted by molar-refractivity contribution is 0.299. The Morgan fingerprint density at radius 3 is 2.43 bits per heavy atom. The van der Waals surface area contributed by atoms with Gasteiger partial charge in [0.25, 0.3) is 0 Å². The van der Waals surface area contributed by atoms with Gasteiger partial charge < -0.3 is 5.11 Å². The van der Waals surface area contributed by atoms with Crippen LogP contribution in [-0.2, 0) is 0 Å². The van der Waals surface area contributed by atoms with Gasteiger partial charge in [0.2, 0.25) is 0 Å². The van der Waals surface area contributed by atoms with Gasteiger partial charge in [0, 0.05) is 6.61 Å². The first-order valence-electron chi connectivity index (χ1n) is 1.99. The Hall–Kier alpha value is 1.18. The highest BCUT2D eigenvalue weighted by Gasteiger charge is 2.03. The van der Waals surface area contributed by atoms with Crippen LogP contribution in [0.5, 0.6) is 0 Å². The van der Waals surface area contributed by atoms with Crippen molar-refractivity contribution in [1.29, 1.82) is 0 Å². The molecule has 0 aliphatic carbocycles. The van der Waals surface area contributed by atoms with Crippen LogP contribution in [0.4, 0.5) is 0 Å². The molecule has 0 fully saturated rings. The van der Waals surface area contributed by atoms with E-state index in [1.54, 1.807) is 0 Å². The summed E-state index contributed by atoms with van der Waals surface area (Å²) >= 11 is 2.15.